The van der Waals surface area contributed by atoms with Crippen molar-refractivity contribution < 1.29 is 14.6 Å². The van der Waals surface area contributed by atoms with Gasteiger partial charge in [0.05, 0.1) is 30.8 Å². The van der Waals surface area contributed by atoms with Gasteiger partial charge in [-0.05, 0) is 19.1 Å². The molecule has 164 valence electrons. The average molecular weight is 449 g/mol. The van der Waals surface area contributed by atoms with Crippen LogP contribution in [0.1, 0.15) is 29.9 Å². The van der Waals surface area contributed by atoms with Crippen LogP contribution in [0.2, 0.25) is 0 Å². The van der Waals surface area contributed by atoms with Crippen molar-refractivity contribution >= 4 is 17.2 Å². The molecule has 0 aliphatic heterocycles. The van der Waals surface area contributed by atoms with Crippen LogP contribution in [-0.4, -0.2) is 38.3 Å². The lowest BCUT2D eigenvalue weighted by Gasteiger charge is -2.21. The number of carbonyl (C=O) groups is 1. The molecule has 32 heavy (non-hydrogen) atoms. The predicted molar refractivity (Wildman–Crippen MR) is 125 cm³/mol. The summed E-state index contributed by atoms with van der Waals surface area (Å²) in [4.78, 5) is 20.0. The number of hydrogen-bond donors (Lipinski definition) is 2. The lowest BCUT2D eigenvalue weighted by atomic mass is 10.1. The highest BCUT2D eigenvalue weighted by Crippen LogP contribution is 2.30. The minimum atomic E-state index is -0.647. The quantitative estimate of drug-likeness (QED) is 0.400. The maximum absolute atomic E-state index is 11.3. The van der Waals surface area contributed by atoms with E-state index in [1.807, 2.05) is 60.0 Å². The average Bonchev–Trinajstić information content (AvgIpc) is 3.48. The molecule has 2 aromatic heterocycles. The standard InChI is InChI=1S/C24H24N4O3S/c1-16(29)22(28-13-20(23(25)30)26-15-28)10-11-31-19-9-5-8-18(12-19)21-14-32-24(27-21)17-6-3-2-4-7-17/h2-9,12-16,22,29H,10-11H2,1H3,(H2,25,30). The fourth-order valence-corrected chi connectivity index (χ4v) is 4.28. The summed E-state index contributed by atoms with van der Waals surface area (Å²) in [6, 6.07) is 17.6. The molecule has 0 aliphatic rings. The number of rotatable bonds is 9. The molecule has 4 aromatic rings. The van der Waals surface area contributed by atoms with Crippen LogP contribution in [0, 0.1) is 0 Å². The molecular weight excluding hydrogens is 424 g/mol. The van der Waals surface area contributed by atoms with E-state index in [1.165, 1.54) is 6.33 Å². The Hall–Kier alpha value is -3.49. The van der Waals surface area contributed by atoms with Gasteiger partial charge in [0.25, 0.3) is 5.91 Å². The van der Waals surface area contributed by atoms with Crippen molar-refractivity contribution in [2.75, 3.05) is 6.61 Å². The van der Waals surface area contributed by atoms with E-state index in [9.17, 15) is 9.90 Å². The van der Waals surface area contributed by atoms with Gasteiger partial charge >= 0.3 is 0 Å². The van der Waals surface area contributed by atoms with E-state index in [1.54, 1.807) is 29.0 Å². The van der Waals surface area contributed by atoms with Crippen molar-refractivity contribution in [3.63, 3.8) is 0 Å². The summed E-state index contributed by atoms with van der Waals surface area (Å²) in [7, 11) is 0. The fraction of sp³-hybridized carbons (Fsp3) is 0.208. The monoisotopic (exact) mass is 448 g/mol. The number of amides is 1. The number of benzene rings is 2. The number of imidazole rings is 1. The number of primary amides is 1. The highest BCUT2D eigenvalue weighted by Gasteiger charge is 2.19. The molecule has 2 atom stereocenters. The molecule has 1 amide bonds. The van der Waals surface area contributed by atoms with Crippen molar-refractivity contribution in [1.29, 1.82) is 0 Å². The third-order valence-corrected chi connectivity index (χ3v) is 6.02. The summed E-state index contributed by atoms with van der Waals surface area (Å²) in [5, 5.41) is 13.2. The molecule has 4 rings (SSSR count). The topological polar surface area (TPSA) is 103 Å². The van der Waals surface area contributed by atoms with E-state index in [0.29, 0.717) is 13.0 Å². The van der Waals surface area contributed by atoms with Crippen LogP contribution < -0.4 is 10.5 Å². The molecule has 0 bridgehead atoms. The van der Waals surface area contributed by atoms with Gasteiger partial charge < -0.3 is 20.1 Å². The minimum Gasteiger partial charge on any atom is -0.493 e. The molecule has 8 heteroatoms. The Morgan fingerprint density at radius 1 is 1.19 bits per heavy atom. The molecule has 2 heterocycles. The molecule has 0 aliphatic carbocycles. The SMILES string of the molecule is CC(O)C(CCOc1cccc(-c2csc(-c3ccccc3)n2)c1)n1cnc(C(N)=O)c1. The van der Waals surface area contributed by atoms with E-state index in [0.717, 1.165) is 27.6 Å². The Kier molecular flexibility index (Phi) is 6.63. The van der Waals surface area contributed by atoms with Gasteiger partial charge in [0.1, 0.15) is 16.5 Å². The maximum Gasteiger partial charge on any atom is 0.268 e. The van der Waals surface area contributed by atoms with Crippen LogP contribution in [0.25, 0.3) is 21.8 Å². The second-order valence-corrected chi connectivity index (χ2v) is 8.31. The van der Waals surface area contributed by atoms with Gasteiger partial charge in [-0.3, -0.25) is 4.79 Å². The van der Waals surface area contributed by atoms with Gasteiger partial charge in [0.2, 0.25) is 0 Å². The van der Waals surface area contributed by atoms with Crippen LogP contribution in [0.5, 0.6) is 5.75 Å². The van der Waals surface area contributed by atoms with Gasteiger partial charge in [-0.25, -0.2) is 9.97 Å². The number of nitrogens with two attached hydrogens (primary N) is 1. The first-order chi connectivity index (χ1) is 15.5. The highest BCUT2D eigenvalue weighted by atomic mass is 32.1. The summed E-state index contributed by atoms with van der Waals surface area (Å²) in [5.74, 6) is 0.128. The highest BCUT2D eigenvalue weighted by molar-refractivity contribution is 7.13. The van der Waals surface area contributed by atoms with Crippen molar-refractivity contribution in [2.24, 2.45) is 5.73 Å². The number of carbonyl (C=O) groups excluding carboxylic acids is 1. The first-order valence-electron chi connectivity index (χ1n) is 10.3. The summed E-state index contributed by atoms with van der Waals surface area (Å²) >= 11 is 1.61. The number of hydrogen-bond acceptors (Lipinski definition) is 6. The molecule has 7 nitrogen and oxygen atoms in total. The molecule has 2 aromatic carbocycles. The first kappa shape index (κ1) is 21.7. The van der Waals surface area contributed by atoms with E-state index in [-0.39, 0.29) is 11.7 Å². The number of thiazole rings is 1. The first-order valence-corrected chi connectivity index (χ1v) is 11.1. The summed E-state index contributed by atoms with van der Waals surface area (Å²) in [6.45, 7) is 2.08. The number of aliphatic hydroxyl groups excluding tert-OH is 1. The normalized spacial score (nSPS) is 12.9. The lowest BCUT2D eigenvalue weighted by Crippen LogP contribution is -2.23. The zero-order valence-electron chi connectivity index (χ0n) is 17.6. The Labute approximate surface area is 190 Å². The zero-order chi connectivity index (χ0) is 22.5. The summed E-state index contributed by atoms with van der Waals surface area (Å²) < 4.78 is 7.65. The van der Waals surface area contributed by atoms with Crippen molar-refractivity contribution in [3.8, 4) is 27.6 Å². The van der Waals surface area contributed by atoms with Crippen LogP contribution in [-0.2, 0) is 0 Å². The third-order valence-electron chi connectivity index (χ3n) is 5.13. The van der Waals surface area contributed by atoms with E-state index < -0.39 is 12.0 Å². The number of aromatic nitrogens is 3. The zero-order valence-corrected chi connectivity index (χ0v) is 18.4. The fourth-order valence-electron chi connectivity index (χ4n) is 3.45. The van der Waals surface area contributed by atoms with Crippen molar-refractivity contribution in [2.45, 2.75) is 25.5 Å². The molecule has 0 fully saturated rings. The van der Waals surface area contributed by atoms with Crippen LogP contribution >= 0.6 is 11.3 Å². The van der Waals surface area contributed by atoms with E-state index in [4.69, 9.17) is 15.5 Å². The molecule has 3 N–H and O–H groups in total. The van der Waals surface area contributed by atoms with Gasteiger partial charge in [0.15, 0.2) is 0 Å². The van der Waals surface area contributed by atoms with E-state index >= 15 is 0 Å². The molecule has 2 unspecified atom stereocenters. The smallest absolute Gasteiger partial charge is 0.268 e. The summed E-state index contributed by atoms with van der Waals surface area (Å²) in [5.41, 5.74) is 8.42. The van der Waals surface area contributed by atoms with Crippen LogP contribution in [0.15, 0.2) is 72.5 Å². The van der Waals surface area contributed by atoms with Gasteiger partial charge in [-0.2, -0.15) is 0 Å². The number of aliphatic hydroxyl groups is 1. The second-order valence-electron chi connectivity index (χ2n) is 7.45. The van der Waals surface area contributed by atoms with Crippen LogP contribution in [0.3, 0.4) is 0 Å². The molecule has 0 spiro atoms. The third kappa shape index (κ3) is 5.04. The number of ether oxygens (including phenoxy) is 1. The molecule has 0 saturated heterocycles. The molecule has 0 saturated carbocycles. The van der Waals surface area contributed by atoms with Crippen molar-refractivity contribution in [1.82, 2.24) is 14.5 Å². The Bertz CT molecular complexity index is 1190. The van der Waals surface area contributed by atoms with Gasteiger partial charge in [-0.15, -0.1) is 11.3 Å². The van der Waals surface area contributed by atoms with E-state index in [2.05, 4.69) is 4.98 Å². The largest absolute Gasteiger partial charge is 0.493 e. The predicted octanol–water partition coefficient (Wildman–Crippen LogP) is 4.16. The minimum absolute atomic E-state index is 0.169. The van der Waals surface area contributed by atoms with Crippen molar-refractivity contribution in [3.05, 3.63) is 78.2 Å². The summed E-state index contributed by atoms with van der Waals surface area (Å²) in [6.07, 6.45) is 2.94. The van der Waals surface area contributed by atoms with Gasteiger partial charge in [-0.1, -0.05) is 42.5 Å². The van der Waals surface area contributed by atoms with Gasteiger partial charge in [0, 0.05) is 29.1 Å². The Balaban J connectivity index is 1.41. The Morgan fingerprint density at radius 2 is 1.97 bits per heavy atom. The van der Waals surface area contributed by atoms with Crippen LogP contribution in [0.4, 0.5) is 0 Å². The maximum atomic E-state index is 11.3. The lowest BCUT2D eigenvalue weighted by molar-refractivity contribution is 0.0993. The molecular formula is C24H24N4O3S. The number of nitrogens with zero attached hydrogens (tertiary/aromatic N) is 3. The Morgan fingerprint density at radius 3 is 2.69 bits per heavy atom. The second kappa shape index (κ2) is 9.76. The molecule has 0 radical (unpaired) electrons.